The minimum absolute atomic E-state index is 0.441. The Morgan fingerprint density at radius 3 is 2.74 bits per heavy atom. The molecule has 2 aromatic carbocycles. The predicted octanol–water partition coefficient (Wildman–Crippen LogP) is 3.29. The SMILES string of the molecule is CC1Cc2cc(N)ccc2C1NCc1ccccc1. The highest BCUT2D eigenvalue weighted by Gasteiger charge is 2.28. The molecule has 0 aromatic heterocycles. The zero-order valence-electron chi connectivity index (χ0n) is 11.3. The number of nitrogens with two attached hydrogens (primary N) is 1. The highest BCUT2D eigenvalue weighted by Crippen LogP contribution is 2.36. The van der Waals surface area contributed by atoms with Crippen molar-refractivity contribution in [3.05, 3.63) is 65.2 Å². The monoisotopic (exact) mass is 252 g/mol. The lowest BCUT2D eigenvalue weighted by molar-refractivity contribution is 0.415. The molecule has 2 nitrogen and oxygen atoms in total. The Bertz CT molecular complexity index is 563. The molecular weight excluding hydrogens is 232 g/mol. The molecule has 0 heterocycles. The first-order chi connectivity index (χ1) is 9.24. The lowest BCUT2D eigenvalue weighted by atomic mass is 10.0. The van der Waals surface area contributed by atoms with Gasteiger partial charge in [0.1, 0.15) is 0 Å². The van der Waals surface area contributed by atoms with Gasteiger partial charge in [0.2, 0.25) is 0 Å². The van der Waals surface area contributed by atoms with Crippen LogP contribution in [0, 0.1) is 5.92 Å². The standard InChI is InChI=1S/C17H20N2/c1-12-9-14-10-15(18)7-8-16(14)17(12)19-11-13-5-3-2-4-6-13/h2-8,10,12,17,19H,9,11,18H2,1H3. The quantitative estimate of drug-likeness (QED) is 0.823. The Balaban J connectivity index is 1.75. The maximum absolute atomic E-state index is 5.87. The first-order valence-electron chi connectivity index (χ1n) is 6.89. The van der Waals surface area contributed by atoms with Gasteiger partial charge in [0.25, 0.3) is 0 Å². The molecule has 19 heavy (non-hydrogen) atoms. The van der Waals surface area contributed by atoms with Gasteiger partial charge in [-0.15, -0.1) is 0 Å². The van der Waals surface area contributed by atoms with Crippen LogP contribution in [0.3, 0.4) is 0 Å². The molecule has 2 atom stereocenters. The van der Waals surface area contributed by atoms with E-state index >= 15 is 0 Å². The molecule has 2 heteroatoms. The van der Waals surface area contributed by atoms with Gasteiger partial charge in [-0.2, -0.15) is 0 Å². The molecule has 0 amide bonds. The van der Waals surface area contributed by atoms with E-state index in [1.165, 1.54) is 16.7 Å². The van der Waals surface area contributed by atoms with E-state index in [0.29, 0.717) is 12.0 Å². The van der Waals surface area contributed by atoms with Crippen LogP contribution in [0.4, 0.5) is 5.69 Å². The van der Waals surface area contributed by atoms with Gasteiger partial charge in [-0.25, -0.2) is 0 Å². The summed E-state index contributed by atoms with van der Waals surface area (Å²) in [7, 11) is 0. The molecule has 0 radical (unpaired) electrons. The molecule has 1 aliphatic carbocycles. The zero-order chi connectivity index (χ0) is 13.2. The molecule has 3 N–H and O–H groups in total. The number of benzene rings is 2. The third-order valence-corrected chi connectivity index (χ3v) is 3.98. The van der Waals surface area contributed by atoms with Crippen LogP contribution >= 0.6 is 0 Å². The van der Waals surface area contributed by atoms with E-state index in [9.17, 15) is 0 Å². The van der Waals surface area contributed by atoms with Gasteiger partial charge < -0.3 is 11.1 Å². The van der Waals surface area contributed by atoms with Gasteiger partial charge in [0.05, 0.1) is 0 Å². The van der Waals surface area contributed by atoms with Crippen molar-refractivity contribution in [2.45, 2.75) is 25.9 Å². The minimum atomic E-state index is 0.441. The molecule has 0 fully saturated rings. The van der Waals surface area contributed by atoms with E-state index in [1.54, 1.807) is 0 Å². The highest BCUT2D eigenvalue weighted by atomic mass is 14.9. The molecule has 3 rings (SSSR count). The van der Waals surface area contributed by atoms with Crippen LogP contribution in [-0.4, -0.2) is 0 Å². The van der Waals surface area contributed by atoms with Gasteiger partial charge in [0.15, 0.2) is 0 Å². The highest BCUT2D eigenvalue weighted by molar-refractivity contribution is 5.48. The largest absolute Gasteiger partial charge is 0.399 e. The average Bonchev–Trinajstić information content (AvgIpc) is 2.72. The first-order valence-corrected chi connectivity index (χ1v) is 6.89. The van der Waals surface area contributed by atoms with E-state index < -0.39 is 0 Å². The molecule has 0 bridgehead atoms. The fraction of sp³-hybridized carbons (Fsp3) is 0.294. The summed E-state index contributed by atoms with van der Waals surface area (Å²) in [6.45, 7) is 3.22. The summed E-state index contributed by atoms with van der Waals surface area (Å²) in [5.74, 6) is 0.625. The van der Waals surface area contributed by atoms with Crippen molar-refractivity contribution >= 4 is 5.69 Å². The number of hydrogen-bond donors (Lipinski definition) is 2. The van der Waals surface area contributed by atoms with Gasteiger partial charge in [0, 0.05) is 18.3 Å². The number of nitrogen functional groups attached to an aromatic ring is 1. The Morgan fingerprint density at radius 1 is 1.16 bits per heavy atom. The summed E-state index contributed by atoms with van der Waals surface area (Å²) < 4.78 is 0. The van der Waals surface area contributed by atoms with Crippen molar-refractivity contribution < 1.29 is 0 Å². The number of anilines is 1. The summed E-state index contributed by atoms with van der Waals surface area (Å²) in [5, 5.41) is 3.68. The second kappa shape index (κ2) is 5.06. The third kappa shape index (κ3) is 2.49. The van der Waals surface area contributed by atoms with E-state index in [0.717, 1.165) is 18.7 Å². The fourth-order valence-corrected chi connectivity index (χ4v) is 3.01. The molecule has 2 unspecified atom stereocenters. The van der Waals surface area contributed by atoms with Crippen LogP contribution in [0.1, 0.15) is 29.7 Å². The summed E-state index contributed by atoms with van der Waals surface area (Å²) >= 11 is 0. The van der Waals surface area contributed by atoms with Gasteiger partial charge in [-0.3, -0.25) is 0 Å². The number of rotatable bonds is 3. The lowest BCUT2D eigenvalue weighted by Crippen LogP contribution is -2.23. The van der Waals surface area contributed by atoms with Crippen LogP contribution in [0.15, 0.2) is 48.5 Å². The Kier molecular flexibility index (Phi) is 3.26. The maximum Gasteiger partial charge on any atom is 0.0354 e. The molecule has 1 aliphatic rings. The average molecular weight is 252 g/mol. The molecule has 0 saturated heterocycles. The lowest BCUT2D eigenvalue weighted by Gasteiger charge is -2.19. The molecule has 98 valence electrons. The Morgan fingerprint density at radius 2 is 1.95 bits per heavy atom. The van der Waals surface area contributed by atoms with Crippen LogP contribution < -0.4 is 11.1 Å². The maximum atomic E-state index is 5.87. The summed E-state index contributed by atoms with van der Waals surface area (Å²) in [6.07, 6.45) is 1.12. The third-order valence-electron chi connectivity index (χ3n) is 3.98. The van der Waals surface area contributed by atoms with Gasteiger partial charge >= 0.3 is 0 Å². The number of fused-ring (bicyclic) bond motifs is 1. The summed E-state index contributed by atoms with van der Waals surface area (Å²) in [6, 6.07) is 17.3. The topological polar surface area (TPSA) is 38.0 Å². The van der Waals surface area contributed by atoms with Crippen molar-refractivity contribution in [3.63, 3.8) is 0 Å². The van der Waals surface area contributed by atoms with Gasteiger partial charge in [-0.05, 0) is 41.2 Å². The van der Waals surface area contributed by atoms with Gasteiger partial charge in [-0.1, -0.05) is 43.3 Å². The zero-order valence-corrected chi connectivity index (χ0v) is 11.3. The second-order valence-electron chi connectivity index (χ2n) is 5.48. The predicted molar refractivity (Wildman–Crippen MR) is 79.7 cm³/mol. The van der Waals surface area contributed by atoms with Crippen molar-refractivity contribution in [2.24, 2.45) is 5.92 Å². The fourth-order valence-electron chi connectivity index (χ4n) is 3.01. The summed E-state index contributed by atoms with van der Waals surface area (Å²) in [5.41, 5.74) is 10.9. The Labute approximate surface area is 114 Å². The van der Waals surface area contributed by atoms with Crippen LogP contribution in [0.5, 0.6) is 0 Å². The molecule has 0 saturated carbocycles. The molecule has 0 spiro atoms. The van der Waals surface area contributed by atoms with E-state index in [-0.39, 0.29) is 0 Å². The van der Waals surface area contributed by atoms with Crippen molar-refractivity contribution in [3.8, 4) is 0 Å². The van der Waals surface area contributed by atoms with E-state index in [4.69, 9.17) is 5.73 Å². The second-order valence-corrected chi connectivity index (χ2v) is 5.48. The number of hydrogen-bond acceptors (Lipinski definition) is 2. The Hall–Kier alpha value is -1.80. The van der Waals surface area contributed by atoms with Crippen LogP contribution in [0.25, 0.3) is 0 Å². The molecular formula is C17H20N2. The smallest absolute Gasteiger partial charge is 0.0354 e. The van der Waals surface area contributed by atoms with Crippen LogP contribution in [0.2, 0.25) is 0 Å². The first kappa shape index (κ1) is 12.2. The van der Waals surface area contributed by atoms with Crippen LogP contribution in [-0.2, 0) is 13.0 Å². The van der Waals surface area contributed by atoms with Crippen molar-refractivity contribution in [1.29, 1.82) is 0 Å². The van der Waals surface area contributed by atoms with E-state index in [1.807, 2.05) is 6.07 Å². The van der Waals surface area contributed by atoms with Crippen molar-refractivity contribution in [2.75, 3.05) is 5.73 Å². The normalized spacial score (nSPS) is 21.3. The summed E-state index contributed by atoms with van der Waals surface area (Å²) in [4.78, 5) is 0. The van der Waals surface area contributed by atoms with Crippen molar-refractivity contribution in [1.82, 2.24) is 5.32 Å². The number of nitrogens with one attached hydrogen (secondary N) is 1. The molecule has 2 aromatic rings. The molecule has 0 aliphatic heterocycles. The minimum Gasteiger partial charge on any atom is -0.399 e. The van der Waals surface area contributed by atoms with E-state index in [2.05, 4.69) is 54.7 Å².